The normalized spacial score (nSPS) is 21.8. The van der Waals surface area contributed by atoms with Crippen LogP contribution in [-0.4, -0.2) is 54.2 Å². The van der Waals surface area contributed by atoms with Crippen molar-refractivity contribution in [2.24, 2.45) is 5.92 Å². The molecule has 2 aliphatic heterocycles. The molecule has 2 fully saturated rings. The topological polar surface area (TPSA) is 59.1 Å². The van der Waals surface area contributed by atoms with Crippen molar-refractivity contribution < 1.29 is 19.2 Å². The van der Waals surface area contributed by atoms with Gasteiger partial charge in [0.1, 0.15) is 0 Å². The molecule has 154 valence electrons. The van der Waals surface area contributed by atoms with Crippen LogP contribution >= 0.6 is 11.3 Å². The number of methoxy groups -OCH3 is 1. The lowest BCUT2D eigenvalue weighted by Crippen LogP contribution is -2.57. The fourth-order valence-corrected chi connectivity index (χ4v) is 5.70. The molecule has 3 heterocycles. The third-order valence-electron chi connectivity index (χ3n) is 6.04. The van der Waals surface area contributed by atoms with Crippen molar-refractivity contribution in [3.8, 4) is 0 Å². The van der Waals surface area contributed by atoms with Gasteiger partial charge in [0.2, 0.25) is 5.91 Å². The number of carbonyl (C=O) groups excluding carboxylic acids is 2. The highest BCUT2D eigenvalue weighted by Gasteiger charge is 2.58. The molecule has 1 amide bonds. The molecular formula is C22H26N2O4S. The Morgan fingerprint density at radius 2 is 2.10 bits per heavy atom. The molecule has 0 radical (unpaired) electrons. The van der Waals surface area contributed by atoms with E-state index in [0.29, 0.717) is 12.8 Å². The molecule has 0 saturated carbocycles. The number of hydroxylamine groups is 2. The van der Waals surface area contributed by atoms with Gasteiger partial charge in [-0.2, -0.15) is 0 Å². The van der Waals surface area contributed by atoms with Crippen LogP contribution in [0.15, 0.2) is 43.0 Å². The summed E-state index contributed by atoms with van der Waals surface area (Å²) in [5.74, 6) is -0.975. The van der Waals surface area contributed by atoms with Crippen molar-refractivity contribution in [1.82, 2.24) is 9.96 Å². The van der Waals surface area contributed by atoms with Crippen LogP contribution in [0.25, 0.3) is 10.1 Å². The first-order valence-electron chi connectivity index (χ1n) is 9.92. The number of esters is 1. The van der Waals surface area contributed by atoms with E-state index in [9.17, 15) is 9.59 Å². The third kappa shape index (κ3) is 3.70. The Morgan fingerprint density at radius 1 is 1.34 bits per heavy atom. The van der Waals surface area contributed by atoms with Gasteiger partial charge in [-0.25, -0.2) is 5.06 Å². The van der Waals surface area contributed by atoms with E-state index in [1.807, 2.05) is 11.3 Å². The Balaban J connectivity index is 1.49. The van der Waals surface area contributed by atoms with Gasteiger partial charge in [-0.1, -0.05) is 24.3 Å². The first kappa shape index (κ1) is 20.1. The number of carbonyl (C=O) groups is 2. The lowest BCUT2D eigenvalue weighted by Gasteiger charge is -2.45. The van der Waals surface area contributed by atoms with Gasteiger partial charge in [-0.05, 0) is 30.4 Å². The maximum Gasteiger partial charge on any atom is 0.311 e. The summed E-state index contributed by atoms with van der Waals surface area (Å²) < 4.78 is 6.31. The van der Waals surface area contributed by atoms with Gasteiger partial charge < -0.3 is 4.74 Å². The van der Waals surface area contributed by atoms with Crippen LogP contribution in [0.4, 0.5) is 0 Å². The first-order chi connectivity index (χ1) is 14.1. The number of rotatable bonds is 6. The predicted molar refractivity (Wildman–Crippen MR) is 112 cm³/mol. The molecule has 2 aromatic rings. The molecule has 1 spiro atoms. The maximum atomic E-state index is 12.6. The van der Waals surface area contributed by atoms with Crippen LogP contribution in [-0.2, 0) is 25.7 Å². The van der Waals surface area contributed by atoms with E-state index in [2.05, 4.69) is 41.8 Å². The van der Waals surface area contributed by atoms with E-state index in [1.54, 1.807) is 6.08 Å². The van der Waals surface area contributed by atoms with Crippen LogP contribution in [0, 0.1) is 5.92 Å². The molecule has 0 aliphatic carbocycles. The Bertz CT molecular complexity index is 883. The number of piperidine rings is 1. The summed E-state index contributed by atoms with van der Waals surface area (Å²) in [6.45, 7) is 6.37. The van der Waals surface area contributed by atoms with Crippen LogP contribution in [0.2, 0.25) is 0 Å². The quantitative estimate of drug-likeness (QED) is 0.536. The number of ether oxygens (including phenoxy) is 1. The molecule has 4 rings (SSSR count). The average molecular weight is 415 g/mol. The second-order valence-corrected chi connectivity index (χ2v) is 8.85. The molecule has 0 N–H and O–H groups in total. The number of thiophene rings is 1. The molecule has 1 aromatic carbocycles. The Hall–Kier alpha value is -2.22. The van der Waals surface area contributed by atoms with E-state index < -0.39 is 11.5 Å². The highest BCUT2D eigenvalue weighted by atomic mass is 32.1. The van der Waals surface area contributed by atoms with E-state index in [-0.39, 0.29) is 24.9 Å². The lowest BCUT2D eigenvalue weighted by molar-refractivity contribution is -0.218. The zero-order valence-electron chi connectivity index (χ0n) is 16.6. The molecule has 6 nitrogen and oxygen atoms in total. The largest absolute Gasteiger partial charge is 0.469 e. The van der Waals surface area contributed by atoms with Gasteiger partial charge in [-0.3, -0.25) is 19.3 Å². The molecule has 29 heavy (non-hydrogen) atoms. The number of benzene rings is 1. The molecule has 1 unspecified atom stereocenters. The second-order valence-electron chi connectivity index (χ2n) is 7.68. The highest BCUT2D eigenvalue weighted by molar-refractivity contribution is 7.19. The average Bonchev–Trinajstić information content (AvgIpc) is 3.26. The monoisotopic (exact) mass is 414 g/mol. The fourth-order valence-electron chi connectivity index (χ4n) is 4.60. The minimum atomic E-state index is -0.635. The second kappa shape index (κ2) is 8.26. The zero-order chi connectivity index (χ0) is 20.4. The van der Waals surface area contributed by atoms with E-state index in [4.69, 9.17) is 9.57 Å². The summed E-state index contributed by atoms with van der Waals surface area (Å²) in [7, 11) is 1.38. The van der Waals surface area contributed by atoms with Crippen molar-refractivity contribution in [1.29, 1.82) is 0 Å². The van der Waals surface area contributed by atoms with E-state index in [1.165, 1.54) is 27.1 Å². The molecule has 1 atom stereocenters. The van der Waals surface area contributed by atoms with Crippen molar-refractivity contribution in [2.45, 2.75) is 31.3 Å². The van der Waals surface area contributed by atoms with Crippen molar-refractivity contribution >= 4 is 33.3 Å². The lowest BCUT2D eigenvalue weighted by atomic mass is 9.77. The van der Waals surface area contributed by atoms with E-state index >= 15 is 0 Å². The molecule has 1 aromatic heterocycles. The van der Waals surface area contributed by atoms with Gasteiger partial charge in [0.15, 0.2) is 0 Å². The minimum absolute atomic E-state index is 0.139. The van der Waals surface area contributed by atoms with Crippen LogP contribution < -0.4 is 0 Å². The van der Waals surface area contributed by atoms with Crippen molar-refractivity contribution in [3.63, 3.8) is 0 Å². The first-order valence-corrected chi connectivity index (χ1v) is 10.7. The van der Waals surface area contributed by atoms with Gasteiger partial charge in [0.05, 0.1) is 25.2 Å². The number of nitrogens with zero attached hydrogens (tertiary/aromatic N) is 2. The molecule has 2 saturated heterocycles. The Labute approximate surface area is 174 Å². The van der Waals surface area contributed by atoms with Gasteiger partial charge >= 0.3 is 5.97 Å². The SMILES string of the molecule is C=CCON1C(=O)CC(C(=O)OC)C12CCN(Cc1cc3ccccc3s1)CC2. The Morgan fingerprint density at radius 3 is 2.79 bits per heavy atom. The van der Waals surface area contributed by atoms with E-state index in [0.717, 1.165) is 19.6 Å². The van der Waals surface area contributed by atoms with Crippen LogP contribution in [0.1, 0.15) is 24.1 Å². The maximum absolute atomic E-state index is 12.6. The number of amides is 1. The molecule has 0 bridgehead atoms. The predicted octanol–water partition coefficient (Wildman–Crippen LogP) is 3.38. The summed E-state index contributed by atoms with van der Waals surface area (Å²) in [5.41, 5.74) is -0.635. The summed E-state index contributed by atoms with van der Waals surface area (Å²) in [5, 5.41) is 2.73. The summed E-state index contributed by atoms with van der Waals surface area (Å²) in [6.07, 6.45) is 3.12. The summed E-state index contributed by atoms with van der Waals surface area (Å²) in [4.78, 5) is 34.5. The van der Waals surface area contributed by atoms with Crippen molar-refractivity contribution in [2.75, 3.05) is 26.8 Å². The highest BCUT2D eigenvalue weighted by Crippen LogP contribution is 2.44. The van der Waals surface area contributed by atoms with Crippen molar-refractivity contribution in [3.05, 3.63) is 47.9 Å². The number of hydrogen-bond donors (Lipinski definition) is 0. The molecule has 7 heteroatoms. The minimum Gasteiger partial charge on any atom is -0.469 e. The zero-order valence-corrected chi connectivity index (χ0v) is 17.5. The molecular weight excluding hydrogens is 388 g/mol. The standard InChI is InChI=1S/C22H26N2O4S/c1-3-12-28-24-20(25)14-18(21(26)27-2)22(24)8-10-23(11-9-22)15-17-13-16-6-4-5-7-19(16)29-17/h3-7,13,18H,1,8-12,14-15H2,2H3. The van der Waals surface area contributed by atoms with Crippen LogP contribution in [0.5, 0.6) is 0 Å². The number of hydrogen-bond acceptors (Lipinski definition) is 6. The van der Waals surface area contributed by atoms with Crippen LogP contribution in [0.3, 0.4) is 0 Å². The summed E-state index contributed by atoms with van der Waals surface area (Å²) >= 11 is 1.82. The van der Waals surface area contributed by atoms with Gasteiger partial charge in [-0.15, -0.1) is 17.9 Å². The molecule has 2 aliphatic rings. The fraction of sp³-hybridized carbons (Fsp3) is 0.455. The Kier molecular flexibility index (Phi) is 5.72. The number of likely N-dealkylation sites (tertiary alicyclic amines) is 1. The smallest absolute Gasteiger partial charge is 0.311 e. The summed E-state index contributed by atoms with van der Waals surface area (Å²) in [6, 6.07) is 10.7. The third-order valence-corrected chi connectivity index (χ3v) is 7.14. The van der Waals surface area contributed by atoms with Gasteiger partial charge in [0.25, 0.3) is 0 Å². The van der Waals surface area contributed by atoms with Gasteiger partial charge in [0, 0.05) is 35.6 Å². The number of fused-ring (bicyclic) bond motifs is 1.